The summed E-state index contributed by atoms with van der Waals surface area (Å²) in [5, 5.41) is 0. The Balaban J connectivity index is 1.74. The van der Waals surface area contributed by atoms with Gasteiger partial charge >= 0.3 is 0 Å². The molecule has 0 atom stereocenters. The molecule has 0 fully saturated rings. The van der Waals surface area contributed by atoms with Crippen LogP contribution >= 0.6 is 0 Å². The fourth-order valence-electron chi connectivity index (χ4n) is 2.22. The van der Waals surface area contributed by atoms with Gasteiger partial charge in [-0.15, -0.1) is 0 Å². The van der Waals surface area contributed by atoms with E-state index in [1.54, 1.807) is 0 Å². The SMILES string of the molecule is Cc1ccc(C)c(OCC(=O)NNC(=O)COc2cc(C)ccc2C)c1. The number of rotatable bonds is 6. The molecule has 2 aromatic rings. The third-order valence-corrected chi connectivity index (χ3v) is 3.75. The van der Waals surface area contributed by atoms with Crippen molar-refractivity contribution in [2.45, 2.75) is 27.7 Å². The van der Waals surface area contributed by atoms with Crippen LogP contribution in [0.4, 0.5) is 0 Å². The molecule has 0 aromatic heterocycles. The van der Waals surface area contributed by atoms with Crippen molar-refractivity contribution in [1.82, 2.24) is 10.9 Å². The van der Waals surface area contributed by atoms with Crippen molar-refractivity contribution in [1.29, 1.82) is 0 Å². The summed E-state index contributed by atoms with van der Waals surface area (Å²) in [6, 6.07) is 11.5. The second-order valence-corrected chi connectivity index (χ2v) is 6.21. The van der Waals surface area contributed by atoms with E-state index in [4.69, 9.17) is 9.47 Å². The highest BCUT2D eigenvalue weighted by Crippen LogP contribution is 2.19. The van der Waals surface area contributed by atoms with Crippen LogP contribution in [0.1, 0.15) is 22.3 Å². The van der Waals surface area contributed by atoms with Crippen LogP contribution in [-0.2, 0) is 9.59 Å². The number of hydrogen-bond acceptors (Lipinski definition) is 4. The average molecular weight is 356 g/mol. The van der Waals surface area contributed by atoms with Gasteiger partial charge in [0, 0.05) is 0 Å². The van der Waals surface area contributed by atoms with Crippen molar-refractivity contribution in [2.75, 3.05) is 13.2 Å². The minimum Gasteiger partial charge on any atom is -0.483 e. The molecule has 0 saturated carbocycles. The normalized spacial score (nSPS) is 10.2. The molecule has 2 N–H and O–H groups in total. The van der Waals surface area contributed by atoms with E-state index in [9.17, 15) is 9.59 Å². The molecule has 0 aliphatic carbocycles. The molecule has 2 amide bonds. The van der Waals surface area contributed by atoms with E-state index in [1.807, 2.05) is 64.1 Å². The number of carbonyl (C=O) groups is 2. The van der Waals surface area contributed by atoms with Crippen LogP contribution in [0.25, 0.3) is 0 Å². The van der Waals surface area contributed by atoms with Crippen molar-refractivity contribution in [3.05, 3.63) is 58.7 Å². The Kier molecular flexibility index (Phi) is 6.60. The second-order valence-electron chi connectivity index (χ2n) is 6.21. The highest BCUT2D eigenvalue weighted by molar-refractivity contribution is 5.83. The minimum atomic E-state index is -0.453. The van der Waals surface area contributed by atoms with Gasteiger partial charge in [-0.2, -0.15) is 0 Å². The highest BCUT2D eigenvalue weighted by Gasteiger charge is 2.08. The number of nitrogens with one attached hydrogen (secondary N) is 2. The van der Waals surface area contributed by atoms with Gasteiger partial charge in [-0.3, -0.25) is 20.4 Å². The Bertz CT molecular complexity index is 735. The molecule has 0 heterocycles. The van der Waals surface area contributed by atoms with Crippen molar-refractivity contribution in [3.63, 3.8) is 0 Å². The summed E-state index contributed by atoms with van der Waals surface area (Å²) in [7, 11) is 0. The first kappa shape index (κ1) is 19.3. The first-order valence-corrected chi connectivity index (χ1v) is 8.33. The van der Waals surface area contributed by atoms with Gasteiger partial charge in [-0.1, -0.05) is 24.3 Å². The van der Waals surface area contributed by atoms with Crippen LogP contribution in [0.2, 0.25) is 0 Å². The summed E-state index contributed by atoms with van der Waals surface area (Å²) >= 11 is 0. The van der Waals surface area contributed by atoms with Crippen LogP contribution in [0, 0.1) is 27.7 Å². The molecular formula is C20H24N2O4. The van der Waals surface area contributed by atoms with Gasteiger partial charge in [-0.25, -0.2) is 0 Å². The van der Waals surface area contributed by atoms with Crippen molar-refractivity contribution in [3.8, 4) is 11.5 Å². The Labute approximate surface area is 153 Å². The molecule has 0 bridgehead atoms. The molecule has 0 aliphatic rings. The van der Waals surface area contributed by atoms with Crippen LogP contribution in [-0.4, -0.2) is 25.0 Å². The molecule has 0 unspecified atom stereocenters. The number of aryl methyl sites for hydroxylation is 4. The Morgan fingerprint density at radius 2 is 1.12 bits per heavy atom. The predicted molar refractivity (Wildman–Crippen MR) is 99.1 cm³/mol. The van der Waals surface area contributed by atoms with Gasteiger partial charge < -0.3 is 9.47 Å². The highest BCUT2D eigenvalue weighted by atomic mass is 16.5. The van der Waals surface area contributed by atoms with E-state index in [2.05, 4.69) is 10.9 Å². The fraction of sp³-hybridized carbons (Fsp3) is 0.300. The summed E-state index contributed by atoms with van der Waals surface area (Å²) in [5.74, 6) is 0.381. The fourth-order valence-corrected chi connectivity index (χ4v) is 2.22. The summed E-state index contributed by atoms with van der Waals surface area (Å²) in [6.45, 7) is 7.31. The number of amides is 2. The molecular weight excluding hydrogens is 332 g/mol. The van der Waals surface area contributed by atoms with Crippen molar-refractivity contribution < 1.29 is 19.1 Å². The lowest BCUT2D eigenvalue weighted by Gasteiger charge is -2.12. The minimum absolute atomic E-state index is 0.192. The maximum atomic E-state index is 11.8. The third-order valence-electron chi connectivity index (χ3n) is 3.75. The third kappa shape index (κ3) is 5.81. The molecule has 0 radical (unpaired) electrons. The van der Waals surface area contributed by atoms with E-state index in [0.29, 0.717) is 11.5 Å². The monoisotopic (exact) mass is 356 g/mol. The number of carbonyl (C=O) groups excluding carboxylic acids is 2. The Morgan fingerprint density at radius 1 is 0.731 bits per heavy atom. The molecule has 0 saturated heterocycles. The van der Waals surface area contributed by atoms with Crippen LogP contribution in [0.5, 0.6) is 11.5 Å². The molecule has 6 heteroatoms. The molecule has 2 rings (SSSR count). The summed E-state index contributed by atoms with van der Waals surface area (Å²) in [6.07, 6.45) is 0. The van der Waals surface area contributed by atoms with Crippen LogP contribution < -0.4 is 20.3 Å². The smallest absolute Gasteiger partial charge is 0.276 e. The number of hydrogen-bond donors (Lipinski definition) is 2. The van der Waals surface area contributed by atoms with Crippen molar-refractivity contribution in [2.24, 2.45) is 0 Å². The van der Waals surface area contributed by atoms with E-state index >= 15 is 0 Å². The van der Waals surface area contributed by atoms with Gasteiger partial charge in [0.1, 0.15) is 11.5 Å². The molecule has 6 nitrogen and oxygen atoms in total. The van der Waals surface area contributed by atoms with Gasteiger partial charge in [0.2, 0.25) is 0 Å². The molecule has 138 valence electrons. The lowest BCUT2D eigenvalue weighted by molar-refractivity contribution is -0.131. The quantitative estimate of drug-likeness (QED) is 0.780. The topological polar surface area (TPSA) is 76.7 Å². The number of hydrazine groups is 1. The molecule has 0 aliphatic heterocycles. The van der Waals surface area contributed by atoms with Crippen molar-refractivity contribution >= 4 is 11.8 Å². The zero-order chi connectivity index (χ0) is 19.1. The first-order chi connectivity index (χ1) is 12.3. The van der Waals surface area contributed by atoms with Gasteiger partial charge in [-0.05, 0) is 62.1 Å². The summed E-state index contributed by atoms with van der Waals surface area (Å²) in [5.41, 5.74) is 8.58. The average Bonchev–Trinajstić information content (AvgIpc) is 2.61. The maximum absolute atomic E-state index is 11.8. The lowest BCUT2D eigenvalue weighted by Crippen LogP contribution is -2.45. The molecule has 26 heavy (non-hydrogen) atoms. The Morgan fingerprint density at radius 3 is 1.50 bits per heavy atom. The van der Waals surface area contributed by atoms with E-state index in [1.165, 1.54) is 0 Å². The lowest BCUT2D eigenvalue weighted by atomic mass is 10.1. The van der Waals surface area contributed by atoms with Crippen LogP contribution in [0.15, 0.2) is 36.4 Å². The number of benzene rings is 2. The predicted octanol–water partition coefficient (Wildman–Crippen LogP) is 2.53. The zero-order valence-corrected chi connectivity index (χ0v) is 15.5. The standard InChI is InChI=1S/C20H24N2O4/c1-13-5-7-15(3)17(9-13)25-11-19(23)21-22-20(24)12-26-18-10-14(2)6-8-16(18)4/h5-10H,11-12H2,1-4H3,(H,21,23)(H,22,24). The second kappa shape index (κ2) is 8.89. The molecule has 2 aromatic carbocycles. The van der Waals surface area contributed by atoms with E-state index in [-0.39, 0.29) is 13.2 Å². The van der Waals surface area contributed by atoms with Gasteiger partial charge in [0.25, 0.3) is 11.8 Å². The van der Waals surface area contributed by atoms with E-state index < -0.39 is 11.8 Å². The maximum Gasteiger partial charge on any atom is 0.276 e. The molecule has 0 spiro atoms. The number of ether oxygens (including phenoxy) is 2. The van der Waals surface area contributed by atoms with Gasteiger partial charge in [0.15, 0.2) is 13.2 Å². The van der Waals surface area contributed by atoms with E-state index in [0.717, 1.165) is 22.3 Å². The first-order valence-electron chi connectivity index (χ1n) is 8.33. The van der Waals surface area contributed by atoms with Crippen LogP contribution in [0.3, 0.4) is 0 Å². The zero-order valence-electron chi connectivity index (χ0n) is 15.5. The summed E-state index contributed by atoms with van der Waals surface area (Å²) in [4.78, 5) is 23.6. The largest absolute Gasteiger partial charge is 0.483 e. The Hall–Kier alpha value is -3.02. The summed E-state index contributed by atoms with van der Waals surface area (Å²) < 4.78 is 11.0. The van der Waals surface area contributed by atoms with Gasteiger partial charge in [0.05, 0.1) is 0 Å².